The highest BCUT2D eigenvalue weighted by molar-refractivity contribution is 5.96. The molecule has 0 fully saturated rings. The number of benzene rings is 3. The highest BCUT2D eigenvalue weighted by Crippen LogP contribution is 2.33. The third kappa shape index (κ3) is 11.3. The molecule has 12 nitrogen and oxygen atoms in total. The third-order valence-electron chi connectivity index (χ3n) is 5.52. The number of carbonyl (C=O) groups is 3. The lowest BCUT2D eigenvalue weighted by Gasteiger charge is -2.23. The van der Waals surface area contributed by atoms with Gasteiger partial charge in [0.2, 0.25) is 0 Å². The lowest BCUT2D eigenvalue weighted by atomic mass is 10.0. The van der Waals surface area contributed by atoms with Crippen molar-refractivity contribution < 1.29 is 47.2 Å². The molecule has 242 valence electrons. The van der Waals surface area contributed by atoms with E-state index in [0.29, 0.717) is 28.3 Å². The first-order valence-corrected chi connectivity index (χ1v) is 13.4. The van der Waals surface area contributed by atoms with Crippen LogP contribution >= 0.6 is 0 Å². The zero-order chi connectivity index (χ0) is 33.9. The van der Waals surface area contributed by atoms with Gasteiger partial charge in [0.1, 0.15) is 11.9 Å². The Hall–Kier alpha value is -5.47. The maximum absolute atomic E-state index is 13.5. The minimum atomic E-state index is -5.08. The number of hydrogen-bond acceptors (Lipinski definition) is 8. The number of anilines is 2. The molecule has 0 aliphatic rings. The molecule has 3 aromatic rings. The predicted molar refractivity (Wildman–Crippen MR) is 161 cm³/mol. The van der Waals surface area contributed by atoms with Crippen LogP contribution in [0.1, 0.15) is 55.2 Å². The number of carboxylic acid groups (broad SMARTS) is 2. The molecule has 0 aliphatic carbocycles. The summed E-state index contributed by atoms with van der Waals surface area (Å²) >= 11 is 0. The van der Waals surface area contributed by atoms with Gasteiger partial charge >= 0.3 is 18.1 Å². The lowest BCUT2D eigenvalue weighted by molar-refractivity contribution is -0.192. The zero-order valence-corrected chi connectivity index (χ0v) is 24.7. The minimum absolute atomic E-state index is 0.0138. The lowest BCUT2D eigenvalue weighted by Crippen LogP contribution is -2.37. The van der Waals surface area contributed by atoms with Gasteiger partial charge in [-0.05, 0) is 81.8 Å². The van der Waals surface area contributed by atoms with E-state index in [2.05, 4.69) is 16.2 Å². The number of carboxylic acids is 2. The zero-order valence-electron chi connectivity index (χ0n) is 24.7. The summed E-state index contributed by atoms with van der Waals surface area (Å²) in [5.41, 5.74) is 12.9. The Morgan fingerprint density at radius 2 is 1.42 bits per heavy atom. The van der Waals surface area contributed by atoms with Crippen molar-refractivity contribution in [2.75, 3.05) is 10.7 Å². The van der Waals surface area contributed by atoms with Crippen LogP contribution in [0.5, 0.6) is 11.5 Å². The van der Waals surface area contributed by atoms with E-state index in [0.717, 1.165) is 0 Å². The predicted octanol–water partition coefficient (Wildman–Crippen LogP) is 5.17. The first-order chi connectivity index (χ1) is 21.0. The number of rotatable bonds is 12. The maximum Gasteiger partial charge on any atom is 0.490 e. The molecular weight excluding hydrogens is 599 g/mol. The third-order valence-corrected chi connectivity index (χ3v) is 5.52. The Bertz CT molecular complexity index is 1500. The fourth-order valence-corrected chi connectivity index (χ4v) is 3.59. The Balaban J connectivity index is 0.000000900. The summed E-state index contributed by atoms with van der Waals surface area (Å²) in [6.07, 6.45) is -5.29. The molecule has 1 unspecified atom stereocenters. The molecule has 0 radical (unpaired) electrons. The van der Waals surface area contributed by atoms with Gasteiger partial charge in [-0.2, -0.15) is 13.2 Å². The van der Waals surface area contributed by atoms with Crippen LogP contribution in [0.15, 0.2) is 66.7 Å². The average Bonchev–Trinajstić information content (AvgIpc) is 2.95. The van der Waals surface area contributed by atoms with Crippen molar-refractivity contribution >= 4 is 35.1 Å². The number of alkyl halides is 3. The van der Waals surface area contributed by atoms with Crippen molar-refractivity contribution in [2.45, 2.75) is 52.1 Å². The summed E-state index contributed by atoms with van der Waals surface area (Å²) in [5, 5.41) is 27.4. The summed E-state index contributed by atoms with van der Waals surface area (Å²) in [6, 6.07) is 17.4. The number of hydrogen-bond donors (Lipinski definition) is 7. The number of nitrogens with one attached hydrogen (secondary N) is 4. The van der Waals surface area contributed by atoms with E-state index in [1.165, 1.54) is 6.07 Å². The fraction of sp³-hybridized carbons (Fsp3) is 0.267. The Kier molecular flexibility index (Phi) is 12.6. The molecule has 45 heavy (non-hydrogen) atoms. The van der Waals surface area contributed by atoms with Crippen molar-refractivity contribution in [3.05, 3.63) is 83.4 Å². The van der Waals surface area contributed by atoms with Crippen molar-refractivity contribution in [1.29, 1.82) is 5.41 Å². The van der Waals surface area contributed by atoms with Gasteiger partial charge in [0.15, 0.2) is 11.5 Å². The standard InChI is InChI=1S/C28H33N5O5.C2HF3O2/c1-16(2)37-23-14-11-19(15-24(23)38-17(3)4)25(31-20-12-9-18(10-13-20)26(29)30)27(34)33-32-22-8-6-5-7-21(22)28(35)36;3-2(4,5)1(6)7/h5-17,25,31-32H,1-4H3,(H3,29,30)(H,33,34)(H,35,36);(H,6,7). The number of amidine groups is 1. The van der Waals surface area contributed by atoms with Gasteiger partial charge in [-0.15, -0.1) is 0 Å². The Morgan fingerprint density at radius 1 is 0.867 bits per heavy atom. The molecule has 0 aromatic heterocycles. The molecule has 0 bridgehead atoms. The van der Waals surface area contributed by atoms with Gasteiger partial charge in [-0.3, -0.25) is 21.1 Å². The van der Waals surface area contributed by atoms with Crippen molar-refractivity contribution in [2.24, 2.45) is 5.73 Å². The fourth-order valence-electron chi connectivity index (χ4n) is 3.59. The molecule has 0 spiro atoms. The van der Waals surface area contributed by atoms with Gasteiger partial charge in [0, 0.05) is 11.3 Å². The number of nitrogens with two attached hydrogens (primary N) is 1. The van der Waals surface area contributed by atoms with Gasteiger partial charge in [-0.1, -0.05) is 18.2 Å². The number of hydrazine groups is 1. The second-order valence-corrected chi connectivity index (χ2v) is 9.88. The number of nitrogen functional groups attached to an aromatic ring is 1. The van der Waals surface area contributed by atoms with Crippen LogP contribution in [0.3, 0.4) is 0 Å². The van der Waals surface area contributed by atoms with Crippen LogP contribution in [0.2, 0.25) is 0 Å². The van der Waals surface area contributed by atoms with E-state index in [9.17, 15) is 27.9 Å². The molecule has 1 atom stereocenters. The van der Waals surface area contributed by atoms with E-state index in [1.807, 2.05) is 27.7 Å². The maximum atomic E-state index is 13.5. The number of carbonyl (C=O) groups excluding carboxylic acids is 1. The summed E-state index contributed by atoms with van der Waals surface area (Å²) in [6.45, 7) is 7.62. The van der Waals surface area contributed by atoms with Crippen LogP contribution in [-0.2, 0) is 9.59 Å². The van der Waals surface area contributed by atoms with Crippen LogP contribution in [0, 0.1) is 5.41 Å². The largest absolute Gasteiger partial charge is 0.490 e. The average molecular weight is 634 g/mol. The normalized spacial score (nSPS) is 11.5. The monoisotopic (exact) mass is 633 g/mol. The number of para-hydroxylation sites is 1. The molecule has 1 amide bonds. The SMILES string of the molecule is CC(C)Oc1ccc(C(Nc2ccc(C(=N)N)cc2)C(=O)NNc2ccccc2C(=O)O)cc1OC(C)C.O=C(O)C(F)(F)F. The highest BCUT2D eigenvalue weighted by atomic mass is 19.4. The molecule has 0 saturated carbocycles. The molecular formula is C30H34F3N5O7. The van der Waals surface area contributed by atoms with Crippen molar-refractivity contribution in [3.8, 4) is 11.5 Å². The van der Waals surface area contributed by atoms with Crippen LogP contribution in [0.25, 0.3) is 0 Å². The van der Waals surface area contributed by atoms with E-state index >= 15 is 0 Å². The van der Waals surface area contributed by atoms with Crippen molar-refractivity contribution in [3.63, 3.8) is 0 Å². The highest BCUT2D eigenvalue weighted by Gasteiger charge is 2.38. The molecule has 3 rings (SSSR count). The summed E-state index contributed by atoms with van der Waals surface area (Å²) in [5.74, 6) is -3.39. The van der Waals surface area contributed by atoms with E-state index in [4.69, 9.17) is 30.5 Å². The molecule has 3 aromatic carbocycles. The summed E-state index contributed by atoms with van der Waals surface area (Å²) < 4.78 is 43.6. The molecule has 0 heterocycles. The van der Waals surface area contributed by atoms with Gasteiger partial charge < -0.3 is 30.7 Å². The Morgan fingerprint density at radius 3 is 1.93 bits per heavy atom. The summed E-state index contributed by atoms with van der Waals surface area (Å²) in [4.78, 5) is 33.9. The van der Waals surface area contributed by atoms with Crippen molar-refractivity contribution in [1.82, 2.24) is 5.43 Å². The first kappa shape index (κ1) is 35.7. The number of halogens is 3. The minimum Gasteiger partial charge on any atom is -0.487 e. The Labute approximate surface area is 256 Å². The van der Waals surface area contributed by atoms with E-state index in [1.54, 1.807) is 60.7 Å². The second-order valence-electron chi connectivity index (χ2n) is 9.88. The van der Waals surface area contributed by atoms with Gasteiger partial charge in [0.05, 0.1) is 23.5 Å². The van der Waals surface area contributed by atoms with Crippen LogP contribution < -0.4 is 31.4 Å². The molecule has 15 heteroatoms. The van der Waals surface area contributed by atoms with Crippen LogP contribution in [0.4, 0.5) is 24.5 Å². The van der Waals surface area contributed by atoms with Gasteiger partial charge in [0.25, 0.3) is 5.91 Å². The quantitative estimate of drug-likeness (QED) is 0.0794. The number of ether oxygens (including phenoxy) is 2. The smallest absolute Gasteiger partial charge is 0.487 e. The van der Waals surface area contributed by atoms with Gasteiger partial charge in [-0.25, -0.2) is 9.59 Å². The first-order valence-electron chi connectivity index (χ1n) is 13.4. The number of amides is 1. The molecule has 0 saturated heterocycles. The number of aliphatic carboxylic acids is 1. The molecule has 8 N–H and O–H groups in total. The molecule has 0 aliphatic heterocycles. The van der Waals surface area contributed by atoms with Crippen LogP contribution in [-0.4, -0.2) is 52.3 Å². The topological polar surface area (TPSA) is 196 Å². The summed E-state index contributed by atoms with van der Waals surface area (Å²) in [7, 11) is 0. The van der Waals surface area contributed by atoms with E-state index in [-0.39, 0.29) is 29.3 Å². The second kappa shape index (κ2) is 15.8. The number of aromatic carboxylic acids is 1. The van der Waals surface area contributed by atoms with E-state index < -0.39 is 30.1 Å².